The molecule has 3 amide bonds. The summed E-state index contributed by atoms with van der Waals surface area (Å²) in [6, 6.07) is 15.6. The van der Waals surface area contributed by atoms with E-state index in [1.807, 2.05) is 48.1 Å². The van der Waals surface area contributed by atoms with Crippen LogP contribution in [0.1, 0.15) is 0 Å². The molecule has 2 aromatic carbocycles. The Morgan fingerprint density at radius 3 is 2.73 bits per heavy atom. The molecule has 0 unspecified atom stereocenters. The molecule has 0 radical (unpaired) electrons. The number of anilines is 1. The highest BCUT2D eigenvalue weighted by Gasteiger charge is 2.16. The van der Waals surface area contributed by atoms with E-state index in [1.165, 1.54) is 23.1 Å². The summed E-state index contributed by atoms with van der Waals surface area (Å²) in [7, 11) is 3.43. The predicted octanol–water partition coefficient (Wildman–Crippen LogP) is 5.20. The number of carbonyl (C=O) groups excluding carboxylic acids is 2. The SMILES string of the molecule is COc1cc(Oc2ccnc3cc(-c4nccn4C)sc23)ccc1NC(=O)NC(=O)Cn1ncc2ccccc21. The van der Waals surface area contributed by atoms with E-state index in [2.05, 4.69) is 25.7 Å². The minimum absolute atomic E-state index is 0.101. The molecular formula is C28H23N7O4S. The van der Waals surface area contributed by atoms with Crippen molar-refractivity contribution in [2.45, 2.75) is 6.54 Å². The van der Waals surface area contributed by atoms with Crippen molar-refractivity contribution in [3.63, 3.8) is 0 Å². The van der Waals surface area contributed by atoms with E-state index in [4.69, 9.17) is 9.47 Å². The molecule has 6 rings (SSSR count). The molecule has 0 aliphatic heterocycles. The van der Waals surface area contributed by atoms with Crippen LogP contribution in [0.25, 0.3) is 31.8 Å². The first-order chi connectivity index (χ1) is 19.5. The average Bonchev–Trinajstić information content (AvgIpc) is 3.68. The van der Waals surface area contributed by atoms with Crippen molar-refractivity contribution in [1.29, 1.82) is 0 Å². The van der Waals surface area contributed by atoms with Crippen LogP contribution in [0.4, 0.5) is 10.5 Å². The number of amides is 3. The standard InChI is InChI=1S/C28H23N7O4S/c1-34-12-11-30-27(34)24-14-20-26(40-24)22(9-10-29-20)39-18-7-8-19(23(13-18)38-2)32-28(37)33-25(36)16-35-21-6-4-3-5-17(21)15-31-35/h3-15H,16H2,1-2H3,(H2,32,33,36,37). The first kappa shape index (κ1) is 25.1. The summed E-state index contributed by atoms with van der Waals surface area (Å²) in [4.78, 5) is 34.9. The van der Waals surface area contributed by atoms with Gasteiger partial charge in [-0.1, -0.05) is 18.2 Å². The van der Waals surface area contributed by atoms with E-state index in [0.29, 0.717) is 22.9 Å². The van der Waals surface area contributed by atoms with E-state index in [0.717, 1.165) is 31.8 Å². The van der Waals surface area contributed by atoms with E-state index >= 15 is 0 Å². The van der Waals surface area contributed by atoms with Crippen LogP contribution < -0.4 is 20.1 Å². The van der Waals surface area contributed by atoms with Crippen LogP contribution in [-0.4, -0.2) is 43.4 Å². The lowest BCUT2D eigenvalue weighted by molar-refractivity contribution is -0.120. The first-order valence-corrected chi connectivity index (χ1v) is 13.0. The Morgan fingerprint density at radius 1 is 1.02 bits per heavy atom. The zero-order valence-corrected chi connectivity index (χ0v) is 22.3. The molecule has 4 aromatic heterocycles. The largest absolute Gasteiger partial charge is 0.494 e. The number of fused-ring (bicyclic) bond motifs is 2. The van der Waals surface area contributed by atoms with Crippen molar-refractivity contribution >= 4 is 50.1 Å². The summed E-state index contributed by atoms with van der Waals surface area (Å²) < 4.78 is 16.0. The third kappa shape index (κ3) is 4.95. The van der Waals surface area contributed by atoms with Gasteiger partial charge in [0.25, 0.3) is 0 Å². The number of nitrogens with one attached hydrogen (secondary N) is 2. The fraction of sp³-hybridized carbons (Fsp3) is 0.107. The van der Waals surface area contributed by atoms with Gasteiger partial charge in [0.05, 0.1) is 39.6 Å². The Morgan fingerprint density at radius 2 is 1.90 bits per heavy atom. The van der Waals surface area contributed by atoms with Crippen LogP contribution in [0.2, 0.25) is 0 Å². The fourth-order valence-electron chi connectivity index (χ4n) is 4.28. The molecule has 200 valence electrons. The number of thiophene rings is 1. The monoisotopic (exact) mass is 553 g/mol. The van der Waals surface area contributed by atoms with Gasteiger partial charge < -0.3 is 19.4 Å². The minimum Gasteiger partial charge on any atom is -0.494 e. The Balaban J connectivity index is 1.15. The highest BCUT2D eigenvalue weighted by atomic mass is 32.1. The number of nitrogens with zero attached hydrogens (tertiary/aromatic N) is 5. The molecule has 0 fully saturated rings. The number of rotatable bonds is 7. The van der Waals surface area contributed by atoms with Crippen molar-refractivity contribution < 1.29 is 19.1 Å². The number of urea groups is 1. The third-order valence-electron chi connectivity index (χ3n) is 6.16. The van der Waals surface area contributed by atoms with Crippen molar-refractivity contribution in [3.05, 3.63) is 79.4 Å². The molecule has 0 atom stereocenters. The molecule has 6 aromatic rings. The van der Waals surface area contributed by atoms with Gasteiger partial charge in [0, 0.05) is 43.2 Å². The quantitative estimate of drug-likeness (QED) is 0.279. The number of imidazole rings is 1. The highest BCUT2D eigenvalue weighted by Crippen LogP contribution is 2.39. The second kappa shape index (κ2) is 10.5. The second-order valence-electron chi connectivity index (χ2n) is 8.82. The van der Waals surface area contributed by atoms with E-state index < -0.39 is 11.9 Å². The number of ether oxygens (including phenoxy) is 2. The normalized spacial score (nSPS) is 11.1. The number of methoxy groups -OCH3 is 1. The smallest absolute Gasteiger partial charge is 0.326 e. The molecule has 11 nitrogen and oxygen atoms in total. The van der Waals surface area contributed by atoms with Gasteiger partial charge in [0.2, 0.25) is 5.91 Å². The molecule has 0 bridgehead atoms. The lowest BCUT2D eigenvalue weighted by Crippen LogP contribution is -2.36. The number of carbonyl (C=O) groups is 2. The molecule has 4 heterocycles. The number of aryl methyl sites for hydroxylation is 1. The molecule has 2 N–H and O–H groups in total. The molecular weight excluding hydrogens is 530 g/mol. The zero-order chi connectivity index (χ0) is 27.6. The Kier molecular flexibility index (Phi) is 6.58. The molecule has 0 saturated carbocycles. The van der Waals surface area contributed by atoms with Gasteiger partial charge in [-0.05, 0) is 24.3 Å². The first-order valence-electron chi connectivity index (χ1n) is 12.2. The average molecular weight is 554 g/mol. The maximum absolute atomic E-state index is 12.6. The zero-order valence-electron chi connectivity index (χ0n) is 21.5. The summed E-state index contributed by atoms with van der Waals surface area (Å²) in [6.45, 7) is -0.101. The van der Waals surface area contributed by atoms with Gasteiger partial charge >= 0.3 is 6.03 Å². The summed E-state index contributed by atoms with van der Waals surface area (Å²) in [5.41, 5.74) is 1.98. The van der Waals surface area contributed by atoms with E-state index in [1.54, 1.807) is 42.9 Å². The minimum atomic E-state index is -0.690. The van der Waals surface area contributed by atoms with Gasteiger partial charge in [-0.2, -0.15) is 5.10 Å². The van der Waals surface area contributed by atoms with Gasteiger partial charge in [0.1, 0.15) is 29.6 Å². The second-order valence-corrected chi connectivity index (χ2v) is 9.88. The predicted molar refractivity (Wildman–Crippen MR) is 152 cm³/mol. The fourth-order valence-corrected chi connectivity index (χ4v) is 5.39. The van der Waals surface area contributed by atoms with Crippen LogP contribution in [0, 0.1) is 0 Å². The van der Waals surface area contributed by atoms with Crippen molar-refractivity contribution in [1.82, 2.24) is 29.6 Å². The Labute approximate surface area is 232 Å². The lowest BCUT2D eigenvalue weighted by atomic mass is 10.2. The van der Waals surface area contributed by atoms with Gasteiger partial charge in [-0.3, -0.25) is 19.8 Å². The number of para-hydroxylation sites is 1. The van der Waals surface area contributed by atoms with Crippen LogP contribution in [0.5, 0.6) is 17.2 Å². The van der Waals surface area contributed by atoms with Crippen molar-refractivity contribution in [2.75, 3.05) is 12.4 Å². The summed E-state index contributed by atoms with van der Waals surface area (Å²) in [5.74, 6) is 1.84. The number of benzene rings is 2. The highest BCUT2D eigenvalue weighted by molar-refractivity contribution is 7.22. The van der Waals surface area contributed by atoms with E-state index in [9.17, 15) is 9.59 Å². The maximum atomic E-state index is 12.6. The van der Waals surface area contributed by atoms with Gasteiger partial charge in [-0.25, -0.2) is 9.78 Å². The van der Waals surface area contributed by atoms with Gasteiger partial charge in [0.15, 0.2) is 0 Å². The Hall–Kier alpha value is -5.23. The molecule has 12 heteroatoms. The van der Waals surface area contributed by atoms with Crippen molar-refractivity contribution in [3.8, 4) is 28.0 Å². The molecule has 0 saturated heterocycles. The topological polar surface area (TPSA) is 125 Å². The van der Waals surface area contributed by atoms with Crippen LogP contribution in [0.3, 0.4) is 0 Å². The summed E-state index contributed by atoms with van der Waals surface area (Å²) in [5, 5.41) is 10.1. The molecule has 0 aliphatic rings. The van der Waals surface area contributed by atoms with Crippen LogP contribution >= 0.6 is 11.3 Å². The maximum Gasteiger partial charge on any atom is 0.326 e. The summed E-state index contributed by atoms with van der Waals surface area (Å²) >= 11 is 1.54. The Bertz CT molecular complexity index is 1870. The third-order valence-corrected chi connectivity index (χ3v) is 7.30. The summed E-state index contributed by atoms with van der Waals surface area (Å²) in [6.07, 6.45) is 7.01. The number of hydrogen-bond acceptors (Lipinski definition) is 8. The van der Waals surface area contributed by atoms with Gasteiger partial charge in [-0.15, -0.1) is 11.3 Å². The molecule has 0 spiro atoms. The molecule has 0 aliphatic carbocycles. The van der Waals surface area contributed by atoms with Crippen LogP contribution in [0.15, 0.2) is 79.4 Å². The number of imide groups is 1. The number of pyridine rings is 1. The lowest BCUT2D eigenvalue weighted by Gasteiger charge is -2.13. The number of hydrogen-bond donors (Lipinski definition) is 2. The van der Waals surface area contributed by atoms with Crippen LogP contribution in [-0.2, 0) is 18.4 Å². The van der Waals surface area contributed by atoms with E-state index in [-0.39, 0.29) is 6.54 Å². The van der Waals surface area contributed by atoms with Crippen molar-refractivity contribution in [2.24, 2.45) is 7.05 Å². The number of aromatic nitrogens is 5. The molecule has 40 heavy (non-hydrogen) atoms.